The highest BCUT2D eigenvalue weighted by Crippen LogP contribution is 2.52. The molecule has 0 spiro atoms. The molecule has 0 amide bonds. The van der Waals surface area contributed by atoms with Crippen LogP contribution in [-0.4, -0.2) is 47.1 Å². The number of esters is 2. The molecule has 3 fully saturated rings. The summed E-state index contributed by atoms with van der Waals surface area (Å²) in [5.41, 5.74) is 1.73. The van der Waals surface area contributed by atoms with Crippen molar-refractivity contribution in [1.29, 1.82) is 0 Å². The SMILES string of the molecule is C=C1CC(OC(=O)C(C)CO)C2C(=C)C(=O)OC2C2C(=C)C(O)CC12. The van der Waals surface area contributed by atoms with Gasteiger partial charge in [-0.15, -0.1) is 0 Å². The molecule has 7 atom stereocenters. The lowest BCUT2D eigenvalue weighted by Crippen LogP contribution is -2.37. The second-order valence-corrected chi connectivity index (χ2v) is 7.30. The Bertz CT molecular complexity index is 650. The van der Waals surface area contributed by atoms with Crippen molar-refractivity contribution < 1.29 is 29.3 Å². The highest BCUT2D eigenvalue weighted by Gasteiger charge is 2.56. The third-order valence-corrected chi connectivity index (χ3v) is 5.71. The predicted octanol–water partition coefficient (Wildman–Crippen LogP) is 1.14. The van der Waals surface area contributed by atoms with Crippen LogP contribution >= 0.6 is 0 Å². The van der Waals surface area contributed by atoms with Gasteiger partial charge in [-0.25, -0.2) is 4.79 Å². The lowest BCUT2D eigenvalue weighted by molar-refractivity contribution is -0.158. The van der Waals surface area contributed by atoms with Crippen molar-refractivity contribution in [2.24, 2.45) is 23.7 Å². The van der Waals surface area contributed by atoms with Gasteiger partial charge < -0.3 is 19.7 Å². The van der Waals surface area contributed by atoms with E-state index in [0.717, 1.165) is 5.57 Å². The first-order valence-corrected chi connectivity index (χ1v) is 8.51. The van der Waals surface area contributed by atoms with Gasteiger partial charge in [0.2, 0.25) is 0 Å². The maximum atomic E-state index is 12.2. The highest BCUT2D eigenvalue weighted by atomic mass is 16.6. The van der Waals surface area contributed by atoms with Crippen LogP contribution in [0.2, 0.25) is 0 Å². The Labute approximate surface area is 146 Å². The van der Waals surface area contributed by atoms with Crippen LogP contribution in [0.1, 0.15) is 19.8 Å². The third kappa shape index (κ3) is 2.83. The van der Waals surface area contributed by atoms with Gasteiger partial charge in [0.05, 0.1) is 24.5 Å². The van der Waals surface area contributed by atoms with Crippen molar-refractivity contribution in [1.82, 2.24) is 0 Å². The molecule has 1 saturated heterocycles. The lowest BCUT2D eigenvalue weighted by Gasteiger charge is -2.28. The van der Waals surface area contributed by atoms with Gasteiger partial charge in [-0.2, -0.15) is 0 Å². The Morgan fingerprint density at radius 2 is 2.04 bits per heavy atom. The fraction of sp³-hybridized carbons (Fsp3) is 0.579. The van der Waals surface area contributed by atoms with E-state index < -0.39 is 42.1 Å². The van der Waals surface area contributed by atoms with E-state index in [1.165, 1.54) is 0 Å². The van der Waals surface area contributed by atoms with E-state index in [1.807, 2.05) is 0 Å². The molecule has 1 aliphatic heterocycles. The topological polar surface area (TPSA) is 93.1 Å². The summed E-state index contributed by atoms with van der Waals surface area (Å²) < 4.78 is 11.2. The van der Waals surface area contributed by atoms with Crippen molar-refractivity contribution in [3.63, 3.8) is 0 Å². The van der Waals surface area contributed by atoms with Gasteiger partial charge in [0.15, 0.2) is 0 Å². The molecule has 25 heavy (non-hydrogen) atoms. The Morgan fingerprint density at radius 1 is 1.36 bits per heavy atom. The number of carbonyl (C=O) groups is 2. The van der Waals surface area contributed by atoms with Crippen molar-refractivity contribution in [3.05, 3.63) is 36.5 Å². The van der Waals surface area contributed by atoms with Crippen LogP contribution in [0.5, 0.6) is 0 Å². The normalized spacial score (nSPS) is 38.7. The maximum Gasteiger partial charge on any atom is 0.334 e. The van der Waals surface area contributed by atoms with Crippen LogP contribution in [0.4, 0.5) is 0 Å². The first-order chi connectivity index (χ1) is 11.8. The second-order valence-electron chi connectivity index (χ2n) is 7.30. The average molecular weight is 348 g/mol. The number of ether oxygens (including phenoxy) is 2. The number of fused-ring (bicyclic) bond motifs is 3. The predicted molar refractivity (Wildman–Crippen MR) is 89.1 cm³/mol. The largest absolute Gasteiger partial charge is 0.461 e. The number of aliphatic hydroxyl groups is 2. The molecule has 6 heteroatoms. The molecule has 0 aromatic rings. The zero-order valence-electron chi connectivity index (χ0n) is 14.3. The summed E-state index contributed by atoms with van der Waals surface area (Å²) in [5.74, 6) is -2.53. The van der Waals surface area contributed by atoms with E-state index >= 15 is 0 Å². The zero-order chi connectivity index (χ0) is 18.5. The van der Waals surface area contributed by atoms with Gasteiger partial charge in [-0.05, 0) is 24.8 Å². The second kappa shape index (κ2) is 6.42. The van der Waals surface area contributed by atoms with Gasteiger partial charge in [0.1, 0.15) is 12.2 Å². The van der Waals surface area contributed by atoms with Crippen molar-refractivity contribution >= 4 is 11.9 Å². The van der Waals surface area contributed by atoms with E-state index in [1.54, 1.807) is 6.92 Å². The van der Waals surface area contributed by atoms with E-state index in [-0.39, 0.29) is 24.0 Å². The summed E-state index contributed by atoms with van der Waals surface area (Å²) in [6.07, 6.45) is -1.02. The molecule has 7 unspecified atom stereocenters. The summed E-state index contributed by atoms with van der Waals surface area (Å²) >= 11 is 0. The molecule has 0 aromatic heterocycles. The van der Waals surface area contributed by atoms with E-state index in [4.69, 9.17) is 14.6 Å². The van der Waals surface area contributed by atoms with Gasteiger partial charge >= 0.3 is 11.9 Å². The Hall–Kier alpha value is -1.92. The van der Waals surface area contributed by atoms with E-state index in [2.05, 4.69) is 19.7 Å². The summed E-state index contributed by atoms with van der Waals surface area (Å²) in [5, 5.41) is 19.4. The van der Waals surface area contributed by atoms with Crippen molar-refractivity contribution in [2.45, 2.75) is 38.1 Å². The molecule has 3 rings (SSSR count). The Morgan fingerprint density at radius 3 is 2.68 bits per heavy atom. The fourth-order valence-electron chi connectivity index (χ4n) is 4.21. The molecule has 0 aromatic carbocycles. The summed E-state index contributed by atoms with van der Waals surface area (Å²) in [6, 6.07) is 0. The number of rotatable bonds is 3. The fourth-order valence-corrected chi connectivity index (χ4v) is 4.21. The number of carbonyl (C=O) groups excluding carboxylic acids is 2. The monoisotopic (exact) mass is 348 g/mol. The molecule has 3 aliphatic rings. The number of hydrogen-bond acceptors (Lipinski definition) is 6. The Balaban J connectivity index is 1.95. The van der Waals surface area contributed by atoms with Gasteiger partial charge in [-0.3, -0.25) is 4.79 Å². The molecule has 6 nitrogen and oxygen atoms in total. The minimum Gasteiger partial charge on any atom is -0.461 e. The van der Waals surface area contributed by atoms with Crippen LogP contribution in [0, 0.1) is 23.7 Å². The standard InChI is InChI=1S/C19H24O6/c1-8-5-14(24-18(22)9(2)7-20)16-11(4)19(23)25-17(16)15-10(3)13(21)6-12(8)15/h9,12-17,20-21H,1,3-7H2,2H3. The van der Waals surface area contributed by atoms with E-state index in [0.29, 0.717) is 18.4 Å². The molecule has 2 N–H and O–H groups in total. The Kier molecular flexibility index (Phi) is 4.60. The van der Waals surface area contributed by atoms with Gasteiger partial charge in [0.25, 0.3) is 0 Å². The molecule has 0 radical (unpaired) electrons. The molecule has 2 aliphatic carbocycles. The molecule has 136 valence electrons. The molecular formula is C19H24O6. The molecule has 2 saturated carbocycles. The highest BCUT2D eigenvalue weighted by molar-refractivity contribution is 5.91. The summed E-state index contributed by atoms with van der Waals surface area (Å²) in [4.78, 5) is 24.3. The number of hydrogen-bond donors (Lipinski definition) is 2. The summed E-state index contributed by atoms with van der Waals surface area (Å²) in [6.45, 7) is 13.2. The van der Waals surface area contributed by atoms with Gasteiger partial charge in [0, 0.05) is 17.9 Å². The first kappa shape index (κ1) is 17.9. The molecule has 0 bridgehead atoms. The lowest BCUT2D eigenvalue weighted by atomic mass is 9.81. The smallest absolute Gasteiger partial charge is 0.334 e. The summed E-state index contributed by atoms with van der Waals surface area (Å²) in [7, 11) is 0. The molecule has 1 heterocycles. The average Bonchev–Trinajstić information content (AvgIpc) is 2.99. The third-order valence-electron chi connectivity index (χ3n) is 5.71. The van der Waals surface area contributed by atoms with Crippen LogP contribution < -0.4 is 0 Å². The zero-order valence-corrected chi connectivity index (χ0v) is 14.3. The van der Waals surface area contributed by atoms with Crippen LogP contribution in [0.3, 0.4) is 0 Å². The van der Waals surface area contributed by atoms with Crippen LogP contribution in [-0.2, 0) is 19.1 Å². The van der Waals surface area contributed by atoms with E-state index in [9.17, 15) is 14.7 Å². The quantitative estimate of drug-likeness (QED) is 0.451. The minimum atomic E-state index is -0.659. The molecular weight excluding hydrogens is 324 g/mol. The number of aliphatic hydroxyl groups excluding tert-OH is 2. The van der Waals surface area contributed by atoms with Crippen molar-refractivity contribution in [2.75, 3.05) is 6.61 Å². The maximum absolute atomic E-state index is 12.2. The van der Waals surface area contributed by atoms with Crippen molar-refractivity contribution in [3.8, 4) is 0 Å². The van der Waals surface area contributed by atoms with Gasteiger partial charge in [-0.1, -0.05) is 25.3 Å². The van der Waals surface area contributed by atoms with Crippen LogP contribution in [0.15, 0.2) is 36.5 Å². The first-order valence-electron chi connectivity index (χ1n) is 8.51. The minimum absolute atomic E-state index is 0.0762. The van der Waals surface area contributed by atoms with Crippen LogP contribution in [0.25, 0.3) is 0 Å².